The van der Waals surface area contributed by atoms with Gasteiger partial charge < -0.3 is 19.6 Å². The van der Waals surface area contributed by atoms with Gasteiger partial charge in [-0.1, -0.05) is 31.2 Å². The van der Waals surface area contributed by atoms with Crippen LogP contribution < -0.4 is 4.74 Å². The molecule has 0 radical (unpaired) electrons. The predicted octanol–water partition coefficient (Wildman–Crippen LogP) is 2.61. The van der Waals surface area contributed by atoms with Crippen LogP contribution in [0.3, 0.4) is 0 Å². The standard InChI is InChI=1S/C24H26N4O2/c1-2-27-12-14-28(15-13-27)11-9-21-20-7-4-3-6-19(20)18-22(26-21)24-23(30-17-16-29)8-5-10-25-24/h3-8,10,18,29H,2,12-17H2,1H3. The van der Waals surface area contributed by atoms with Gasteiger partial charge in [0, 0.05) is 43.8 Å². The van der Waals surface area contributed by atoms with Crippen molar-refractivity contribution < 1.29 is 9.84 Å². The first-order valence-electron chi connectivity index (χ1n) is 10.4. The Labute approximate surface area is 177 Å². The van der Waals surface area contributed by atoms with Gasteiger partial charge in [-0.05, 0) is 36.1 Å². The van der Waals surface area contributed by atoms with Gasteiger partial charge in [0.2, 0.25) is 0 Å². The highest BCUT2D eigenvalue weighted by molar-refractivity contribution is 5.90. The van der Waals surface area contributed by atoms with Crippen LogP contribution in [0.4, 0.5) is 0 Å². The quantitative estimate of drug-likeness (QED) is 0.662. The smallest absolute Gasteiger partial charge is 0.147 e. The zero-order valence-corrected chi connectivity index (χ0v) is 17.2. The lowest BCUT2D eigenvalue weighted by Crippen LogP contribution is -2.43. The van der Waals surface area contributed by atoms with E-state index in [1.807, 2.05) is 36.4 Å². The van der Waals surface area contributed by atoms with E-state index in [0.29, 0.717) is 17.1 Å². The Hall–Kier alpha value is -3.14. The molecule has 4 rings (SSSR count). The van der Waals surface area contributed by atoms with Crippen LogP contribution in [0, 0.1) is 12.0 Å². The Kier molecular flexibility index (Phi) is 6.43. The molecule has 3 aromatic rings. The maximum atomic E-state index is 9.11. The summed E-state index contributed by atoms with van der Waals surface area (Å²) in [5.41, 5.74) is 2.10. The Morgan fingerprint density at radius 1 is 1.10 bits per heavy atom. The summed E-state index contributed by atoms with van der Waals surface area (Å²) in [6.45, 7) is 7.40. The number of aromatic nitrogens is 2. The molecular formula is C24H26N4O2. The highest BCUT2D eigenvalue weighted by Crippen LogP contribution is 2.29. The van der Waals surface area contributed by atoms with Gasteiger partial charge in [-0.3, -0.25) is 4.98 Å². The molecule has 1 fully saturated rings. The normalized spacial score (nSPS) is 14.4. The van der Waals surface area contributed by atoms with E-state index >= 15 is 0 Å². The number of fused-ring (bicyclic) bond motifs is 1. The molecule has 3 heterocycles. The van der Waals surface area contributed by atoms with E-state index in [0.717, 1.165) is 49.2 Å². The van der Waals surface area contributed by atoms with E-state index in [-0.39, 0.29) is 13.2 Å². The molecule has 0 saturated carbocycles. The van der Waals surface area contributed by atoms with Crippen molar-refractivity contribution in [1.82, 2.24) is 19.8 Å². The molecule has 0 amide bonds. The van der Waals surface area contributed by atoms with Crippen LogP contribution in [0.25, 0.3) is 22.2 Å². The summed E-state index contributed by atoms with van der Waals surface area (Å²) in [6, 6.07) is 17.1. The largest absolute Gasteiger partial charge is 0.489 e. The highest BCUT2D eigenvalue weighted by atomic mass is 16.5. The minimum absolute atomic E-state index is 0.0541. The van der Waals surface area contributed by atoms with Crippen LogP contribution >= 0.6 is 0 Å². The van der Waals surface area contributed by atoms with E-state index in [9.17, 15) is 0 Å². The number of aliphatic hydroxyl groups excluding tert-OH is 1. The summed E-state index contributed by atoms with van der Waals surface area (Å²) in [4.78, 5) is 13.9. The predicted molar refractivity (Wildman–Crippen MR) is 118 cm³/mol. The minimum atomic E-state index is -0.0541. The number of benzene rings is 1. The first-order chi connectivity index (χ1) is 14.8. The second-order valence-electron chi connectivity index (χ2n) is 7.16. The molecule has 6 heteroatoms. The lowest BCUT2D eigenvalue weighted by molar-refractivity contribution is 0.183. The van der Waals surface area contributed by atoms with Crippen molar-refractivity contribution in [3.8, 4) is 29.1 Å². The summed E-state index contributed by atoms with van der Waals surface area (Å²) in [6.07, 6.45) is 1.72. The average molecular weight is 402 g/mol. The zero-order valence-electron chi connectivity index (χ0n) is 17.2. The van der Waals surface area contributed by atoms with Crippen LogP contribution in [0.1, 0.15) is 12.6 Å². The Morgan fingerprint density at radius 2 is 1.93 bits per heavy atom. The van der Waals surface area contributed by atoms with Crippen molar-refractivity contribution in [2.45, 2.75) is 6.92 Å². The molecule has 154 valence electrons. The van der Waals surface area contributed by atoms with E-state index in [1.165, 1.54) is 0 Å². The fourth-order valence-corrected chi connectivity index (χ4v) is 3.58. The minimum Gasteiger partial charge on any atom is -0.489 e. The molecule has 1 aliphatic rings. The van der Waals surface area contributed by atoms with Crippen molar-refractivity contribution in [3.05, 3.63) is 54.4 Å². The Balaban J connectivity index is 1.71. The van der Waals surface area contributed by atoms with E-state index in [2.05, 4.69) is 39.7 Å². The van der Waals surface area contributed by atoms with Gasteiger partial charge in [-0.15, -0.1) is 0 Å². The number of rotatable bonds is 5. The van der Waals surface area contributed by atoms with E-state index in [4.69, 9.17) is 14.8 Å². The van der Waals surface area contributed by atoms with Gasteiger partial charge in [0.15, 0.2) is 0 Å². The SMILES string of the molecule is CCN1CCN(C#Cc2nc(-c3ncccc3OCCO)cc3ccccc23)CC1. The molecule has 0 unspecified atom stereocenters. The molecule has 1 aliphatic heterocycles. The van der Waals surface area contributed by atoms with Crippen molar-refractivity contribution >= 4 is 10.8 Å². The molecule has 0 atom stereocenters. The number of hydrogen-bond donors (Lipinski definition) is 1. The number of nitrogens with zero attached hydrogens (tertiary/aromatic N) is 4. The van der Waals surface area contributed by atoms with Crippen molar-refractivity contribution in [2.24, 2.45) is 0 Å². The maximum absolute atomic E-state index is 9.11. The van der Waals surface area contributed by atoms with Crippen LogP contribution in [0.15, 0.2) is 48.7 Å². The fraction of sp³-hybridized carbons (Fsp3) is 0.333. The summed E-state index contributed by atoms with van der Waals surface area (Å²) in [7, 11) is 0. The number of aliphatic hydroxyl groups is 1. The summed E-state index contributed by atoms with van der Waals surface area (Å²) in [5, 5.41) is 11.2. The maximum Gasteiger partial charge on any atom is 0.147 e. The topological polar surface area (TPSA) is 61.7 Å². The second-order valence-corrected chi connectivity index (χ2v) is 7.16. The summed E-state index contributed by atoms with van der Waals surface area (Å²) in [5.74, 6) is 3.90. The Morgan fingerprint density at radius 3 is 2.73 bits per heavy atom. The third-order valence-electron chi connectivity index (χ3n) is 5.25. The second kappa shape index (κ2) is 9.57. The third-order valence-corrected chi connectivity index (χ3v) is 5.25. The molecule has 0 aliphatic carbocycles. The van der Waals surface area contributed by atoms with Crippen LogP contribution in [-0.4, -0.2) is 70.8 Å². The van der Waals surface area contributed by atoms with E-state index < -0.39 is 0 Å². The Bertz CT molecular complexity index is 1070. The molecule has 6 nitrogen and oxygen atoms in total. The van der Waals surface area contributed by atoms with Crippen LogP contribution in [0.2, 0.25) is 0 Å². The fourth-order valence-electron chi connectivity index (χ4n) is 3.58. The molecule has 1 N–H and O–H groups in total. The highest BCUT2D eigenvalue weighted by Gasteiger charge is 2.14. The summed E-state index contributed by atoms with van der Waals surface area (Å²) >= 11 is 0. The van der Waals surface area contributed by atoms with Gasteiger partial charge in [-0.25, -0.2) is 4.98 Å². The first-order valence-corrected chi connectivity index (χ1v) is 10.4. The number of pyridine rings is 2. The third kappa shape index (κ3) is 4.54. The molecular weight excluding hydrogens is 376 g/mol. The molecule has 0 bridgehead atoms. The van der Waals surface area contributed by atoms with Crippen LogP contribution in [-0.2, 0) is 0 Å². The zero-order chi connectivity index (χ0) is 20.8. The first kappa shape index (κ1) is 20.1. The van der Waals surface area contributed by atoms with Crippen molar-refractivity contribution in [1.29, 1.82) is 0 Å². The van der Waals surface area contributed by atoms with Gasteiger partial charge in [0.05, 0.1) is 12.3 Å². The van der Waals surface area contributed by atoms with Crippen molar-refractivity contribution in [3.63, 3.8) is 0 Å². The number of ether oxygens (including phenoxy) is 1. The lowest BCUT2D eigenvalue weighted by atomic mass is 10.1. The van der Waals surface area contributed by atoms with Crippen molar-refractivity contribution in [2.75, 3.05) is 45.9 Å². The van der Waals surface area contributed by atoms with Gasteiger partial charge in [0.1, 0.15) is 23.7 Å². The lowest BCUT2D eigenvalue weighted by Gasteiger charge is -2.31. The number of piperazine rings is 1. The van der Waals surface area contributed by atoms with Crippen LogP contribution in [0.5, 0.6) is 5.75 Å². The molecule has 30 heavy (non-hydrogen) atoms. The van der Waals surface area contributed by atoms with Gasteiger partial charge in [-0.2, -0.15) is 0 Å². The van der Waals surface area contributed by atoms with Gasteiger partial charge >= 0.3 is 0 Å². The molecule has 1 saturated heterocycles. The molecule has 2 aromatic heterocycles. The van der Waals surface area contributed by atoms with E-state index in [1.54, 1.807) is 6.20 Å². The molecule has 0 spiro atoms. The number of hydrogen-bond acceptors (Lipinski definition) is 6. The average Bonchev–Trinajstić information content (AvgIpc) is 2.81. The summed E-state index contributed by atoms with van der Waals surface area (Å²) < 4.78 is 5.67. The monoisotopic (exact) mass is 402 g/mol. The molecule has 1 aromatic carbocycles. The van der Waals surface area contributed by atoms with Gasteiger partial charge in [0.25, 0.3) is 0 Å². The number of likely N-dealkylation sites (N-methyl/N-ethyl adjacent to an activating group) is 1.